The van der Waals surface area contributed by atoms with E-state index in [0.717, 1.165) is 5.56 Å². The fourth-order valence-electron chi connectivity index (χ4n) is 1.71. The molecule has 4 amide bonds. The van der Waals surface area contributed by atoms with Crippen LogP contribution in [-0.2, 0) is 25.7 Å². The Bertz CT molecular complexity index is 624. The number of nitrogens with two attached hydrogens (primary N) is 1. The van der Waals surface area contributed by atoms with Crippen LogP contribution in [-0.4, -0.2) is 54.7 Å². The Kier molecular flexibility index (Phi) is 9.14. The van der Waals surface area contributed by atoms with Crippen molar-refractivity contribution in [2.24, 2.45) is 5.84 Å². The highest BCUT2D eigenvalue weighted by atomic mass is 16.5. The number of nitrogens with one attached hydrogen (secondary N) is 4. The van der Waals surface area contributed by atoms with E-state index < -0.39 is 49.6 Å². The number of hydrogen-bond donors (Lipinski definition) is 6. The number of hydrogen-bond acceptors (Lipinski definition) is 7. The van der Waals surface area contributed by atoms with Crippen LogP contribution in [0, 0.1) is 0 Å². The molecule has 0 saturated carbocycles. The quantitative estimate of drug-likeness (QED) is 0.159. The van der Waals surface area contributed by atoms with Crippen molar-refractivity contribution in [2.45, 2.75) is 12.6 Å². The molecule has 0 aliphatic heterocycles. The van der Waals surface area contributed by atoms with Gasteiger partial charge >= 0.3 is 6.09 Å². The van der Waals surface area contributed by atoms with Gasteiger partial charge in [0.2, 0.25) is 11.8 Å². The number of ether oxygens (including phenoxy) is 1. The molecule has 1 unspecified atom stereocenters. The van der Waals surface area contributed by atoms with Crippen molar-refractivity contribution in [3.63, 3.8) is 0 Å². The molecule has 11 heteroatoms. The summed E-state index contributed by atoms with van der Waals surface area (Å²) in [7, 11) is 0. The molecule has 0 saturated heterocycles. The van der Waals surface area contributed by atoms with Crippen molar-refractivity contribution in [1.29, 1.82) is 0 Å². The first-order chi connectivity index (χ1) is 12.5. The number of aliphatic hydroxyl groups excluding tert-OH is 1. The first-order valence-electron chi connectivity index (χ1n) is 7.58. The zero-order valence-corrected chi connectivity index (χ0v) is 13.9. The van der Waals surface area contributed by atoms with Crippen LogP contribution in [0.3, 0.4) is 0 Å². The Labute approximate surface area is 149 Å². The Morgan fingerprint density at radius 2 is 1.69 bits per heavy atom. The molecular weight excluding hydrogens is 346 g/mol. The predicted molar refractivity (Wildman–Crippen MR) is 89.0 cm³/mol. The average Bonchev–Trinajstić information content (AvgIpc) is 2.67. The molecule has 7 N–H and O–H groups in total. The third-order valence-electron chi connectivity index (χ3n) is 3.03. The number of hydrazine groups is 1. The number of alkyl carbamates (subject to hydrolysis) is 1. The van der Waals surface area contributed by atoms with Crippen LogP contribution in [0.1, 0.15) is 5.56 Å². The van der Waals surface area contributed by atoms with E-state index in [1.165, 1.54) is 0 Å². The molecule has 0 aromatic heterocycles. The number of carbonyl (C=O) groups excluding carboxylic acids is 4. The smallest absolute Gasteiger partial charge is 0.407 e. The van der Waals surface area contributed by atoms with Crippen molar-refractivity contribution in [3.05, 3.63) is 35.9 Å². The molecule has 0 aliphatic rings. The molecule has 0 aliphatic carbocycles. The lowest BCUT2D eigenvalue weighted by molar-refractivity contribution is -0.130. The fourth-order valence-corrected chi connectivity index (χ4v) is 1.71. The number of carbonyl (C=O) groups is 4. The minimum Gasteiger partial charge on any atom is -0.445 e. The number of benzene rings is 1. The second kappa shape index (κ2) is 11.4. The Morgan fingerprint density at radius 1 is 1.04 bits per heavy atom. The summed E-state index contributed by atoms with van der Waals surface area (Å²) in [4.78, 5) is 45.8. The normalized spacial score (nSPS) is 11.0. The lowest BCUT2D eigenvalue weighted by atomic mass is 10.2. The van der Waals surface area contributed by atoms with Crippen molar-refractivity contribution in [1.82, 2.24) is 21.4 Å². The van der Waals surface area contributed by atoms with E-state index in [2.05, 4.69) is 16.0 Å². The molecule has 0 heterocycles. The molecule has 1 aromatic carbocycles. The molecule has 1 rings (SSSR count). The largest absolute Gasteiger partial charge is 0.445 e. The molecule has 142 valence electrons. The summed E-state index contributed by atoms with van der Waals surface area (Å²) in [5.74, 6) is 2.76. The lowest BCUT2D eigenvalue weighted by Crippen LogP contribution is -2.53. The van der Waals surface area contributed by atoms with Gasteiger partial charge in [-0.1, -0.05) is 30.3 Å². The molecule has 0 fully saturated rings. The second-order valence-corrected chi connectivity index (χ2v) is 5.00. The third kappa shape index (κ3) is 8.08. The van der Waals surface area contributed by atoms with Crippen molar-refractivity contribution in [2.75, 3.05) is 19.7 Å². The summed E-state index contributed by atoms with van der Waals surface area (Å²) in [6.45, 7) is -1.44. The molecule has 0 radical (unpaired) electrons. The first-order valence-corrected chi connectivity index (χ1v) is 7.58. The summed E-state index contributed by atoms with van der Waals surface area (Å²) in [5.41, 5.74) is 2.58. The van der Waals surface area contributed by atoms with Crippen molar-refractivity contribution in [3.8, 4) is 0 Å². The zero-order chi connectivity index (χ0) is 19.4. The van der Waals surface area contributed by atoms with Gasteiger partial charge < -0.3 is 25.8 Å². The van der Waals surface area contributed by atoms with Gasteiger partial charge in [0.1, 0.15) is 19.2 Å². The summed E-state index contributed by atoms with van der Waals surface area (Å²) < 4.78 is 4.92. The van der Waals surface area contributed by atoms with Crippen LogP contribution in [0.25, 0.3) is 0 Å². The van der Waals surface area contributed by atoms with Crippen molar-refractivity contribution < 1.29 is 29.0 Å². The molecular formula is C15H21N5O6. The van der Waals surface area contributed by atoms with Crippen LogP contribution >= 0.6 is 0 Å². The van der Waals surface area contributed by atoms with Gasteiger partial charge in [0.05, 0.1) is 13.2 Å². The van der Waals surface area contributed by atoms with Gasteiger partial charge in [0, 0.05) is 0 Å². The lowest BCUT2D eigenvalue weighted by Gasteiger charge is -2.14. The van der Waals surface area contributed by atoms with Crippen LogP contribution in [0.5, 0.6) is 0 Å². The van der Waals surface area contributed by atoms with Gasteiger partial charge in [-0.05, 0) is 5.56 Å². The van der Waals surface area contributed by atoms with Crippen LogP contribution < -0.4 is 27.2 Å². The molecule has 0 spiro atoms. The SMILES string of the molecule is NNC(=O)C(CO)NC(=O)CNC(=O)CNC(=O)OCc1ccccc1. The Hall–Kier alpha value is -3.18. The van der Waals surface area contributed by atoms with Gasteiger partial charge in [-0.3, -0.25) is 19.8 Å². The van der Waals surface area contributed by atoms with Crippen LogP contribution in [0.2, 0.25) is 0 Å². The van der Waals surface area contributed by atoms with E-state index in [-0.39, 0.29) is 6.61 Å². The van der Waals surface area contributed by atoms with Crippen LogP contribution in [0.15, 0.2) is 30.3 Å². The maximum absolute atomic E-state index is 11.6. The molecule has 26 heavy (non-hydrogen) atoms. The second-order valence-electron chi connectivity index (χ2n) is 5.00. The maximum Gasteiger partial charge on any atom is 0.407 e. The number of rotatable bonds is 9. The van der Waals surface area contributed by atoms with E-state index in [0.29, 0.717) is 0 Å². The van der Waals surface area contributed by atoms with Gasteiger partial charge in [-0.2, -0.15) is 0 Å². The summed E-state index contributed by atoms with van der Waals surface area (Å²) in [6.07, 6.45) is -0.784. The van der Waals surface area contributed by atoms with E-state index in [1.807, 2.05) is 6.07 Å². The van der Waals surface area contributed by atoms with E-state index in [9.17, 15) is 19.2 Å². The predicted octanol–water partition coefficient (Wildman–Crippen LogP) is -2.50. The van der Waals surface area contributed by atoms with Crippen LogP contribution in [0.4, 0.5) is 4.79 Å². The Balaban J connectivity index is 2.22. The summed E-state index contributed by atoms with van der Waals surface area (Å²) in [5, 5.41) is 15.6. The van der Waals surface area contributed by atoms with Gasteiger partial charge in [0.15, 0.2) is 0 Å². The molecule has 0 bridgehead atoms. The Morgan fingerprint density at radius 3 is 2.31 bits per heavy atom. The first kappa shape index (κ1) is 20.9. The summed E-state index contributed by atoms with van der Waals surface area (Å²) >= 11 is 0. The fraction of sp³-hybridized carbons (Fsp3) is 0.333. The standard InChI is InChI=1S/C15H21N5O6/c16-20-14(24)11(8-21)19-13(23)7-17-12(22)6-18-15(25)26-9-10-4-2-1-3-5-10/h1-5,11,21H,6-9,16H2,(H,17,22)(H,18,25)(H,19,23)(H,20,24). The van der Waals surface area contributed by atoms with E-state index in [1.54, 1.807) is 29.7 Å². The van der Waals surface area contributed by atoms with E-state index >= 15 is 0 Å². The average molecular weight is 367 g/mol. The van der Waals surface area contributed by atoms with Crippen molar-refractivity contribution >= 4 is 23.8 Å². The highest BCUT2D eigenvalue weighted by molar-refractivity contribution is 5.90. The summed E-state index contributed by atoms with van der Waals surface area (Å²) in [6, 6.07) is 7.76. The number of aliphatic hydroxyl groups is 1. The minimum absolute atomic E-state index is 0.0580. The third-order valence-corrected chi connectivity index (χ3v) is 3.03. The molecule has 11 nitrogen and oxygen atoms in total. The molecule has 1 aromatic rings. The monoisotopic (exact) mass is 367 g/mol. The minimum atomic E-state index is -1.23. The number of amides is 4. The van der Waals surface area contributed by atoms with Gasteiger partial charge in [0.25, 0.3) is 5.91 Å². The molecule has 1 atom stereocenters. The van der Waals surface area contributed by atoms with E-state index in [4.69, 9.17) is 15.7 Å². The van der Waals surface area contributed by atoms with Gasteiger partial charge in [-0.25, -0.2) is 10.6 Å². The van der Waals surface area contributed by atoms with Gasteiger partial charge in [-0.15, -0.1) is 0 Å². The zero-order valence-electron chi connectivity index (χ0n) is 13.9. The topological polar surface area (TPSA) is 172 Å². The highest BCUT2D eigenvalue weighted by Gasteiger charge is 2.19. The maximum atomic E-state index is 11.6. The highest BCUT2D eigenvalue weighted by Crippen LogP contribution is 2.00.